The number of alkyl halides is 3. The van der Waals surface area contributed by atoms with Gasteiger partial charge < -0.3 is 25.8 Å². The van der Waals surface area contributed by atoms with E-state index in [0.29, 0.717) is 11.3 Å². The Morgan fingerprint density at radius 1 is 1.03 bits per heavy atom. The molecule has 1 aromatic rings. The van der Waals surface area contributed by atoms with Crippen LogP contribution in [0.1, 0.15) is 52.6 Å². The minimum absolute atomic E-state index is 0.0883. The van der Waals surface area contributed by atoms with Crippen LogP contribution in [-0.2, 0) is 14.3 Å². The van der Waals surface area contributed by atoms with Gasteiger partial charge in [0.25, 0.3) is 0 Å². The van der Waals surface area contributed by atoms with Crippen molar-refractivity contribution in [1.82, 2.24) is 10.6 Å². The highest BCUT2D eigenvalue weighted by molar-refractivity contribution is 5.90. The Morgan fingerprint density at radius 3 is 2.03 bits per heavy atom. The molecule has 182 valence electrons. The Hall–Kier alpha value is -2.33. The van der Waals surface area contributed by atoms with Crippen molar-refractivity contribution < 1.29 is 32.2 Å². The van der Waals surface area contributed by atoms with Crippen LogP contribution in [0.5, 0.6) is 5.75 Å². The summed E-state index contributed by atoms with van der Waals surface area (Å²) in [5.41, 5.74) is 5.74. The molecule has 1 unspecified atom stereocenters. The lowest BCUT2D eigenvalue weighted by Gasteiger charge is -2.28. The van der Waals surface area contributed by atoms with Crippen LogP contribution in [0.2, 0.25) is 0 Å². The molecule has 0 saturated carbocycles. The summed E-state index contributed by atoms with van der Waals surface area (Å²) in [6.45, 7) is 8.48. The smallest absolute Gasteiger partial charge is 0.391 e. The third-order valence-electron chi connectivity index (χ3n) is 4.61. The highest BCUT2D eigenvalue weighted by Crippen LogP contribution is 2.25. The molecule has 0 fully saturated rings. The molecule has 32 heavy (non-hydrogen) atoms. The molecule has 0 bridgehead atoms. The van der Waals surface area contributed by atoms with Gasteiger partial charge in [0.05, 0.1) is 25.7 Å². The highest BCUT2D eigenvalue weighted by Gasteiger charge is 2.36. The third kappa shape index (κ3) is 9.86. The number of halogens is 3. The summed E-state index contributed by atoms with van der Waals surface area (Å²) >= 11 is 0. The number of nitrogens with two attached hydrogens (primary N) is 1. The Bertz CT molecular complexity index is 746. The molecule has 0 spiro atoms. The number of benzene rings is 1. The van der Waals surface area contributed by atoms with Crippen LogP contribution < -0.4 is 21.1 Å². The summed E-state index contributed by atoms with van der Waals surface area (Å²) in [7, 11) is 1.47. The number of methoxy groups -OCH3 is 1. The van der Waals surface area contributed by atoms with Gasteiger partial charge in [-0.2, -0.15) is 13.2 Å². The van der Waals surface area contributed by atoms with Gasteiger partial charge in [0.1, 0.15) is 17.8 Å². The Labute approximate surface area is 187 Å². The number of hydrogen-bond donors (Lipinski definition) is 3. The zero-order valence-electron chi connectivity index (χ0n) is 19.4. The van der Waals surface area contributed by atoms with Gasteiger partial charge in [-0.25, -0.2) is 0 Å². The van der Waals surface area contributed by atoms with Crippen LogP contribution in [0.3, 0.4) is 0 Å². The van der Waals surface area contributed by atoms with Crippen molar-refractivity contribution in [2.75, 3.05) is 13.7 Å². The van der Waals surface area contributed by atoms with E-state index in [0.717, 1.165) is 0 Å². The second-order valence-corrected chi connectivity index (χ2v) is 8.92. The van der Waals surface area contributed by atoms with Crippen LogP contribution >= 0.6 is 0 Å². The van der Waals surface area contributed by atoms with Crippen molar-refractivity contribution in [3.8, 4) is 5.75 Å². The number of carbonyl (C=O) groups excluding carboxylic acids is 2. The first-order valence-electron chi connectivity index (χ1n) is 10.3. The molecule has 4 N–H and O–H groups in total. The number of carbonyl (C=O) groups is 2. The third-order valence-corrected chi connectivity index (χ3v) is 4.61. The zero-order chi connectivity index (χ0) is 24.7. The number of nitrogens with one attached hydrogen (secondary N) is 2. The quantitative estimate of drug-likeness (QED) is 0.497. The first-order valence-corrected chi connectivity index (χ1v) is 10.3. The van der Waals surface area contributed by atoms with E-state index in [2.05, 4.69) is 10.6 Å². The van der Waals surface area contributed by atoms with Crippen LogP contribution in [0, 0.1) is 5.92 Å². The molecule has 0 aliphatic rings. The minimum Gasteiger partial charge on any atom is -0.497 e. The minimum atomic E-state index is -4.45. The van der Waals surface area contributed by atoms with Gasteiger partial charge >= 0.3 is 6.18 Å². The number of ether oxygens (including phenoxy) is 2. The van der Waals surface area contributed by atoms with Gasteiger partial charge in [0.15, 0.2) is 0 Å². The van der Waals surface area contributed by atoms with Gasteiger partial charge in [-0.3, -0.25) is 9.59 Å². The van der Waals surface area contributed by atoms with Crippen molar-refractivity contribution in [2.24, 2.45) is 11.7 Å². The molecule has 3 atom stereocenters. The molecule has 1 aromatic carbocycles. The van der Waals surface area contributed by atoms with E-state index in [-0.39, 0.29) is 6.61 Å². The topological polar surface area (TPSA) is 103 Å². The lowest BCUT2D eigenvalue weighted by atomic mass is 9.98. The fourth-order valence-corrected chi connectivity index (χ4v) is 2.73. The number of rotatable bonds is 10. The largest absolute Gasteiger partial charge is 0.497 e. The van der Waals surface area contributed by atoms with E-state index in [4.69, 9.17) is 15.2 Å². The van der Waals surface area contributed by atoms with Gasteiger partial charge in [-0.05, 0) is 44.4 Å². The number of amides is 2. The van der Waals surface area contributed by atoms with E-state index in [1.807, 2.05) is 0 Å². The first-order chi connectivity index (χ1) is 14.6. The van der Waals surface area contributed by atoms with Gasteiger partial charge in [-0.1, -0.05) is 26.0 Å². The van der Waals surface area contributed by atoms with Gasteiger partial charge in [0.2, 0.25) is 11.8 Å². The van der Waals surface area contributed by atoms with Crippen molar-refractivity contribution in [3.63, 3.8) is 0 Å². The maximum atomic E-state index is 13.0. The van der Waals surface area contributed by atoms with E-state index in [1.165, 1.54) is 7.11 Å². The van der Waals surface area contributed by atoms with Crippen LogP contribution in [-0.4, -0.2) is 49.4 Å². The maximum Gasteiger partial charge on any atom is 0.391 e. The fourth-order valence-electron chi connectivity index (χ4n) is 2.73. The SMILES string of the molecule is COc1ccc(C(NC(=O)[C@@H](N)COC(C)(C)C)C(=O)N[C@H](CC(F)(F)F)C(C)C)cc1. The second kappa shape index (κ2) is 11.5. The molecule has 0 radical (unpaired) electrons. The lowest BCUT2D eigenvalue weighted by Crippen LogP contribution is -2.51. The van der Waals surface area contributed by atoms with Crippen LogP contribution in [0.15, 0.2) is 24.3 Å². The average Bonchev–Trinajstić information content (AvgIpc) is 2.67. The molecule has 0 heterocycles. The molecule has 0 aliphatic carbocycles. The summed E-state index contributed by atoms with van der Waals surface area (Å²) in [6.07, 6.45) is -5.63. The molecule has 10 heteroatoms. The van der Waals surface area contributed by atoms with E-state index < -0.39 is 54.1 Å². The van der Waals surface area contributed by atoms with Gasteiger partial charge in [0, 0.05) is 6.04 Å². The van der Waals surface area contributed by atoms with Crippen molar-refractivity contribution in [2.45, 2.75) is 70.9 Å². The summed E-state index contributed by atoms with van der Waals surface area (Å²) < 4.78 is 49.5. The van der Waals surface area contributed by atoms with E-state index in [1.54, 1.807) is 58.9 Å². The molecule has 0 aromatic heterocycles. The Morgan fingerprint density at radius 2 is 1.59 bits per heavy atom. The summed E-state index contributed by atoms with van der Waals surface area (Å²) in [6, 6.07) is 2.80. The molecule has 0 aliphatic heterocycles. The normalized spacial score (nSPS) is 15.1. The molecule has 0 saturated heterocycles. The lowest BCUT2D eigenvalue weighted by molar-refractivity contribution is -0.146. The molecule has 7 nitrogen and oxygen atoms in total. The predicted octanol–water partition coefficient (Wildman–Crippen LogP) is 3.09. The predicted molar refractivity (Wildman–Crippen MR) is 115 cm³/mol. The molecular weight excluding hydrogens is 427 g/mol. The molecule has 2 amide bonds. The van der Waals surface area contributed by atoms with E-state index in [9.17, 15) is 22.8 Å². The van der Waals surface area contributed by atoms with Crippen molar-refractivity contribution in [1.29, 1.82) is 0 Å². The van der Waals surface area contributed by atoms with Crippen molar-refractivity contribution >= 4 is 11.8 Å². The first kappa shape index (κ1) is 27.7. The fraction of sp³-hybridized carbons (Fsp3) is 0.636. The second-order valence-electron chi connectivity index (χ2n) is 8.92. The molecular formula is C22H34F3N3O4. The standard InChI is InChI=1S/C22H34F3N3O4/c1-13(2)17(11-22(23,24)25)27-20(30)18(14-7-9-15(31-6)10-8-14)28-19(29)16(26)12-32-21(3,4)5/h7-10,13,16-18H,11-12,26H2,1-6H3,(H,27,30)(H,28,29)/t16-,17+,18?/m0/s1. The average molecular weight is 462 g/mol. The van der Waals surface area contributed by atoms with Crippen LogP contribution in [0.25, 0.3) is 0 Å². The van der Waals surface area contributed by atoms with E-state index >= 15 is 0 Å². The monoisotopic (exact) mass is 461 g/mol. The van der Waals surface area contributed by atoms with Gasteiger partial charge in [-0.15, -0.1) is 0 Å². The van der Waals surface area contributed by atoms with Crippen molar-refractivity contribution in [3.05, 3.63) is 29.8 Å². The highest BCUT2D eigenvalue weighted by atomic mass is 19.4. The number of hydrogen-bond acceptors (Lipinski definition) is 5. The van der Waals surface area contributed by atoms with Crippen LogP contribution in [0.4, 0.5) is 13.2 Å². The Kier molecular flexibility index (Phi) is 9.96. The summed E-state index contributed by atoms with van der Waals surface area (Å²) in [4.78, 5) is 25.6. The maximum absolute atomic E-state index is 13.0. The summed E-state index contributed by atoms with van der Waals surface area (Å²) in [5, 5.41) is 4.96. The Balaban J connectivity index is 3.08. The summed E-state index contributed by atoms with van der Waals surface area (Å²) in [5.74, 6) is -1.39. The zero-order valence-corrected chi connectivity index (χ0v) is 19.4. The molecule has 1 rings (SSSR count).